The first-order valence-electron chi connectivity index (χ1n) is 4.65. The normalized spacial score (nSPS) is 21.2. The third-order valence-corrected chi connectivity index (χ3v) is 3.07. The molecule has 1 aliphatic carbocycles. The van der Waals surface area contributed by atoms with Crippen molar-refractivity contribution >= 4 is 15.9 Å². The van der Waals surface area contributed by atoms with E-state index in [0.717, 1.165) is 17.4 Å². The van der Waals surface area contributed by atoms with Gasteiger partial charge in [0.05, 0.1) is 0 Å². The molecule has 1 heterocycles. The van der Waals surface area contributed by atoms with Crippen molar-refractivity contribution in [3.8, 4) is 0 Å². The molecular weight excluding hydrogens is 228 g/mol. The molecule has 13 heavy (non-hydrogen) atoms. The highest BCUT2D eigenvalue weighted by molar-refractivity contribution is 9.10. The summed E-state index contributed by atoms with van der Waals surface area (Å²) in [4.78, 5) is 4.44. The highest BCUT2D eigenvalue weighted by Crippen LogP contribution is 2.30. The van der Waals surface area contributed by atoms with Gasteiger partial charge < -0.3 is 5.73 Å². The van der Waals surface area contributed by atoms with E-state index in [1.54, 1.807) is 0 Å². The first kappa shape index (κ1) is 9.16. The summed E-state index contributed by atoms with van der Waals surface area (Å²) in [6.45, 7) is 0.724. The summed E-state index contributed by atoms with van der Waals surface area (Å²) in [6, 6.07) is 2.17. The van der Waals surface area contributed by atoms with Crippen LogP contribution in [-0.2, 0) is 6.42 Å². The van der Waals surface area contributed by atoms with Crippen LogP contribution in [0.15, 0.2) is 16.7 Å². The predicted molar refractivity (Wildman–Crippen MR) is 56.7 cm³/mol. The standard InChI is InChI=1S/C10H13BrN2/c11-9-4-7-2-1-3-8(5-12)10(7)13-6-9/h4,6,8H,1-3,5,12H2. The number of hydrogen-bond donors (Lipinski definition) is 1. The van der Waals surface area contributed by atoms with E-state index >= 15 is 0 Å². The second-order valence-corrected chi connectivity index (χ2v) is 4.44. The number of pyridine rings is 1. The quantitative estimate of drug-likeness (QED) is 0.818. The molecule has 0 bridgehead atoms. The molecule has 1 aliphatic rings. The average Bonchev–Trinajstić information content (AvgIpc) is 2.16. The van der Waals surface area contributed by atoms with Crippen molar-refractivity contribution < 1.29 is 0 Å². The van der Waals surface area contributed by atoms with E-state index in [-0.39, 0.29) is 0 Å². The van der Waals surface area contributed by atoms with Crippen molar-refractivity contribution in [1.29, 1.82) is 0 Å². The summed E-state index contributed by atoms with van der Waals surface area (Å²) in [7, 11) is 0. The maximum absolute atomic E-state index is 5.70. The molecule has 0 radical (unpaired) electrons. The van der Waals surface area contributed by atoms with Gasteiger partial charge in [-0.15, -0.1) is 0 Å². The Morgan fingerprint density at radius 1 is 1.62 bits per heavy atom. The van der Waals surface area contributed by atoms with Gasteiger partial charge >= 0.3 is 0 Å². The van der Waals surface area contributed by atoms with Crippen LogP contribution in [-0.4, -0.2) is 11.5 Å². The van der Waals surface area contributed by atoms with Crippen LogP contribution in [0.25, 0.3) is 0 Å². The van der Waals surface area contributed by atoms with Gasteiger partial charge in [0.15, 0.2) is 0 Å². The van der Waals surface area contributed by atoms with E-state index in [1.165, 1.54) is 24.1 Å². The van der Waals surface area contributed by atoms with Crippen LogP contribution in [0.3, 0.4) is 0 Å². The molecule has 1 unspecified atom stereocenters. The molecule has 1 atom stereocenters. The van der Waals surface area contributed by atoms with E-state index in [4.69, 9.17) is 5.73 Å². The summed E-state index contributed by atoms with van der Waals surface area (Å²) < 4.78 is 1.07. The minimum Gasteiger partial charge on any atom is -0.330 e. The third kappa shape index (κ3) is 1.76. The molecule has 0 saturated carbocycles. The van der Waals surface area contributed by atoms with Crippen molar-refractivity contribution in [3.63, 3.8) is 0 Å². The Hall–Kier alpha value is -0.410. The van der Waals surface area contributed by atoms with Gasteiger partial charge in [0.2, 0.25) is 0 Å². The molecule has 2 rings (SSSR count). The zero-order valence-corrected chi connectivity index (χ0v) is 9.05. The number of nitrogens with zero attached hydrogens (tertiary/aromatic N) is 1. The smallest absolute Gasteiger partial charge is 0.0479 e. The number of nitrogens with two attached hydrogens (primary N) is 1. The Kier molecular flexibility index (Phi) is 2.65. The van der Waals surface area contributed by atoms with Crippen LogP contribution in [0.4, 0.5) is 0 Å². The highest BCUT2D eigenvalue weighted by atomic mass is 79.9. The molecule has 2 nitrogen and oxygen atoms in total. The van der Waals surface area contributed by atoms with Crippen LogP contribution >= 0.6 is 15.9 Å². The summed E-state index contributed by atoms with van der Waals surface area (Å²) in [5.74, 6) is 0.483. The summed E-state index contributed by atoms with van der Waals surface area (Å²) >= 11 is 3.44. The highest BCUT2D eigenvalue weighted by Gasteiger charge is 2.20. The molecule has 0 saturated heterocycles. The van der Waals surface area contributed by atoms with Crippen molar-refractivity contribution in [2.45, 2.75) is 25.2 Å². The van der Waals surface area contributed by atoms with Gasteiger partial charge in [-0.3, -0.25) is 4.98 Å². The predicted octanol–water partition coefficient (Wildman–Crippen LogP) is 2.22. The van der Waals surface area contributed by atoms with Gasteiger partial charge in [-0.25, -0.2) is 0 Å². The fraction of sp³-hybridized carbons (Fsp3) is 0.500. The molecule has 1 aromatic rings. The van der Waals surface area contributed by atoms with Crippen LogP contribution in [0, 0.1) is 0 Å². The Labute approximate surface area is 86.7 Å². The first-order valence-corrected chi connectivity index (χ1v) is 5.45. The number of halogens is 1. The SMILES string of the molecule is NCC1CCCc2cc(Br)cnc21. The minimum atomic E-state index is 0.483. The molecule has 0 fully saturated rings. The second kappa shape index (κ2) is 3.76. The summed E-state index contributed by atoms with van der Waals surface area (Å²) in [5, 5.41) is 0. The van der Waals surface area contributed by atoms with Crippen LogP contribution in [0.5, 0.6) is 0 Å². The topological polar surface area (TPSA) is 38.9 Å². The van der Waals surface area contributed by atoms with E-state index < -0.39 is 0 Å². The molecule has 3 heteroatoms. The van der Waals surface area contributed by atoms with Crippen LogP contribution in [0.2, 0.25) is 0 Å². The van der Waals surface area contributed by atoms with Gasteiger partial charge in [-0.05, 0) is 46.8 Å². The van der Waals surface area contributed by atoms with Crippen LogP contribution < -0.4 is 5.73 Å². The zero-order valence-electron chi connectivity index (χ0n) is 7.46. The van der Waals surface area contributed by atoms with Gasteiger partial charge in [0, 0.05) is 28.8 Å². The van der Waals surface area contributed by atoms with E-state index in [1.807, 2.05) is 6.20 Å². The fourth-order valence-corrected chi connectivity index (χ4v) is 2.34. The summed E-state index contributed by atoms with van der Waals surface area (Å²) in [6.07, 6.45) is 5.45. The Balaban J connectivity index is 2.40. The Bertz CT molecular complexity index is 312. The van der Waals surface area contributed by atoms with E-state index in [0.29, 0.717) is 5.92 Å². The lowest BCUT2D eigenvalue weighted by molar-refractivity contribution is 0.545. The lowest BCUT2D eigenvalue weighted by Gasteiger charge is -2.22. The number of hydrogen-bond acceptors (Lipinski definition) is 2. The minimum absolute atomic E-state index is 0.483. The largest absolute Gasteiger partial charge is 0.330 e. The van der Waals surface area contributed by atoms with Gasteiger partial charge in [-0.2, -0.15) is 0 Å². The van der Waals surface area contributed by atoms with Crippen molar-refractivity contribution in [2.75, 3.05) is 6.54 Å². The van der Waals surface area contributed by atoms with Gasteiger partial charge in [0.1, 0.15) is 0 Å². The first-order chi connectivity index (χ1) is 6.31. The monoisotopic (exact) mass is 240 g/mol. The molecule has 1 aromatic heterocycles. The Morgan fingerprint density at radius 2 is 2.46 bits per heavy atom. The second-order valence-electron chi connectivity index (χ2n) is 3.52. The lowest BCUT2D eigenvalue weighted by atomic mass is 9.87. The summed E-state index contributed by atoms with van der Waals surface area (Å²) in [5.41, 5.74) is 8.30. The molecule has 70 valence electrons. The van der Waals surface area contributed by atoms with Crippen molar-refractivity contribution in [1.82, 2.24) is 4.98 Å². The number of rotatable bonds is 1. The molecular formula is C10H13BrN2. The van der Waals surface area contributed by atoms with Gasteiger partial charge in [-0.1, -0.05) is 0 Å². The molecule has 2 N–H and O–H groups in total. The molecule has 0 aliphatic heterocycles. The van der Waals surface area contributed by atoms with E-state index in [2.05, 4.69) is 27.0 Å². The lowest BCUT2D eigenvalue weighted by Crippen LogP contribution is -2.19. The number of aromatic nitrogens is 1. The number of fused-ring (bicyclic) bond motifs is 1. The van der Waals surface area contributed by atoms with Crippen molar-refractivity contribution in [2.24, 2.45) is 5.73 Å². The third-order valence-electron chi connectivity index (χ3n) is 2.64. The van der Waals surface area contributed by atoms with Crippen LogP contribution in [0.1, 0.15) is 30.0 Å². The zero-order chi connectivity index (χ0) is 9.26. The van der Waals surface area contributed by atoms with E-state index in [9.17, 15) is 0 Å². The molecule has 0 spiro atoms. The van der Waals surface area contributed by atoms with Crippen molar-refractivity contribution in [3.05, 3.63) is 28.0 Å². The Morgan fingerprint density at radius 3 is 3.23 bits per heavy atom. The number of aryl methyl sites for hydroxylation is 1. The fourth-order valence-electron chi connectivity index (χ4n) is 1.96. The average molecular weight is 241 g/mol. The maximum Gasteiger partial charge on any atom is 0.0479 e. The maximum atomic E-state index is 5.70. The molecule has 0 amide bonds. The van der Waals surface area contributed by atoms with Gasteiger partial charge in [0.25, 0.3) is 0 Å². The molecule has 0 aromatic carbocycles.